The van der Waals surface area contributed by atoms with Gasteiger partial charge in [0.2, 0.25) is 0 Å². The molecule has 106 valence electrons. The number of amides is 2. The Balaban J connectivity index is 1.90. The molecule has 0 bridgehead atoms. The van der Waals surface area contributed by atoms with Crippen molar-refractivity contribution in [2.24, 2.45) is 10.7 Å². The van der Waals surface area contributed by atoms with Gasteiger partial charge in [0, 0.05) is 20.1 Å². The molecule has 0 saturated carbocycles. The number of hydrogen-bond acceptors (Lipinski definition) is 4. The molecule has 2 amide bonds. The highest BCUT2D eigenvalue weighted by atomic mass is 16.5. The molecule has 0 fully saturated rings. The van der Waals surface area contributed by atoms with Gasteiger partial charge in [0.15, 0.2) is 0 Å². The van der Waals surface area contributed by atoms with Crippen LogP contribution in [0.2, 0.25) is 0 Å². The second-order valence-electron chi connectivity index (χ2n) is 4.87. The summed E-state index contributed by atoms with van der Waals surface area (Å²) in [6.45, 7) is 1.64. The maximum atomic E-state index is 11.9. The van der Waals surface area contributed by atoms with Gasteiger partial charge in [0.05, 0.1) is 13.2 Å². The molecule has 3 rings (SSSR count). The van der Waals surface area contributed by atoms with E-state index < -0.39 is 0 Å². The van der Waals surface area contributed by atoms with Gasteiger partial charge in [-0.2, -0.15) is 4.99 Å². The summed E-state index contributed by atoms with van der Waals surface area (Å²) in [7, 11) is 1.60. The molecule has 2 N–H and O–H groups in total. The molecular formula is C14H17N3O3. The van der Waals surface area contributed by atoms with E-state index in [-0.39, 0.29) is 12.1 Å². The van der Waals surface area contributed by atoms with Gasteiger partial charge >= 0.3 is 6.03 Å². The second kappa shape index (κ2) is 5.13. The van der Waals surface area contributed by atoms with Crippen LogP contribution in [0.1, 0.15) is 17.2 Å². The number of carbonyl (C=O) groups excluding carboxylic acids is 1. The number of ether oxygens (including phenoxy) is 2. The molecule has 1 aromatic carbocycles. The van der Waals surface area contributed by atoms with Crippen LogP contribution < -0.4 is 10.5 Å². The van der Waals surface area contributed by atoms with E-state index in [9.17, 15) is 4.79 Å². The average molecular weight is 275 g/mol. The Kier molecular flexibility index (Phi) is 3.31. The molecule has 0 aliphatic carbocycles. The molecule has 6 heteroatoms. The molecule has 1 unspecified atom stereocenters. The number of rotatable bonds is 4. The molecule has 6 nitrogen and oxygen atoms in total. The number of aliphatic imine (C=N–C) groups is 1. The van der Waals surface area contributed by atoms with E-state index >= 15 is 0 Å². The van der Waals surface area contributed by atoms with Crippen molar-refractivity contribution in [2.45, 2.75) is 12.5 Å². The maximum Gasteiger partial charge on any atom is 0.346 e. The summed E-state index contributed by atoms with van der Waals surface area (Å²) in [5.41, 5.74) is 8.05. The predicted molar refractivity (Wildman–Crippen MR) is 74.0 cm³/mol. The second-order valence-corrected chi connectivity index (χ2v) is 4.87. The minimum Gasteiger partial charge on any atom is -0.493 e. The Hall–Kier alpha value is -2.08. The van der Waals surface area contributed by atoms with Crippen LogP contribution in [0.4, 0.5) is 4.79 Å². The fourth-order valence-electron chi connectivity index (χ4n) is 2.65. The van der Waals surface area contributed by atoms with Crippen LogP contribution in [0.25, 0.3) is 0 Å². The lowest BCUT2D eigenvalue weighted by Gasteiger charge is -2.24. The Morgan fingerprint density at radius 1 is 1.55 bits per heavy atom. The van der Waals surface area contributed by atoms with E-state index in [1.807, 2.05) is 18.2 Å². The summed E-state index contributed by atoms with van der Waals surface area (Å²) in [5.74, 6) is 1.25. The van der Waals surface area contributed by atoms with Crippen molar-refractivity contribution in [1.82, 2.24) is 4.90 Å². The summed E-state index contributed by atoms with van der Waals surface area (Å²) in [6, 6.07) is 5.32. The first-order valence-corrected chi connectivity index (χ1v) is 6.60. The Morgan fingerprint density at radius 3 is 3.20 bits per heavy atom. The van der Waals surface area contributed by atoms with Crippen LogP contribution in [-0.2, 0) is 11.2 Å². The molecule has 0 spiro atoms. The first-order valence-electron chi connectivity index (χ1n) is 6.60. The monoisotopic (exact) mass is 275 g/mol. The van der Waals surface area contributed by atoms with Crippen LogP contribution in [0, 0.1) is 0 Å². The van der Waals surface area contributed by atoms with Crippen molar-refractivity contribution in [2.75, 3.05) is 26.9 Å². The third kappa shape index (κ3) is 2.12. The van der Waals surface area contributed by atoms with Gasteiger partial charge in [-0.15, -0.1) is 0 Å². The standard InChI is InChI=1S/C14H17N3O3/c1-19-7-5-17-12(13(15)16-14(17)18)10-2-3-11-9(8-10)4-6-20-11/h2-3,8,12H,4-7H2,1H3,(H2,15,16,18). The van der Waals surface area contributed by atoms with Crippen LogP contribution in [-0.4, -0.2) is 43.6 Å². The van der Waals surface area contributed by atoms with Crippen LogP contribution >= 0.6 is 0 Å². The number of amidine groups is 1. The van der Waals surface area contributed by atoms with Crippen molar-refractivity contribution >= 4 is 11.9 Å². The van der Waals surface area contributed by atoms with Gasteiger partial charge in [-0.25, -0.2) is 4.79 Å². The normalized spacial score (nSPS) is 20.9. The van der Waals surface area contributed by atoms with E-state index in [2.05, 4.69) is 4.99 Å². The fourth-order valence-corrected chi connectivity index (χ4v) is 2.65. The van der Waals surface area contributed by atoms with E-state index in [1.54, 1.807) is 12.0 Å². The van der Waals surface area contributed by atoms with E-state index in [1.165, 1.54) is 0 Å². The predicted octanol–water partition coefficient (Wildman–Crippen LogP) is 1.10. The molecular weight excluding hydrogens is 258 g/mol. The lowest BCUT2D eigenvalue weighted by molar-refractivity contribution is 0.150. The third-order valence-electron chi connectivity index (χ3n) is 3.63. The van der Waals surface area contributed by atoms with Gasteiger partial charge in [-0.1, -0.05) is 6.07 Å². The molecule has 0 saturated heterocycles. The number of benzene rings is 1. The molecule has 1 atom stereocenters. The van der Waals surface area contributed by atoms with Crippen molar-refractivity contribution < 1.29 is 14.3 Å². The van der Waals surface area contributed by atoms with E-state index in [0.29, 0.717) is 25.6 Å². The number of hydrogen-bond donors (Lipinski definition) is 1. The zero-order valence-electron chi connectivity index (χ0n) is 11.3. The average Bonchev–Trinajstić information content (AvgIpc) is 2.99. The van der Waals surface area contributed by atoms with Gasteiger partial charge < -0.3 is 20.1 Å². The maximum absolute atomic E-state index is 11.9. The smallest absolute Gasteiger partial charge is 0.346 e. The largest absolute Gasteiger partial charge is 0.493 e. The van der Waals surface area contributed by atoms with E-state index in [0.717, 1.165) is 23.3 Å². The molecule has 2 aliphatic rings. The summed E-state index contributed by atoms with van der Waals surface area (Å²) in [4.78, 5) is 17.4. The van der Waals surface area contributed by atoms with Gasteiger partial charge in [0.25, 0.3) is 0 Å². The zero-order chi connectivity index (χ0) is 14.1. The van der Waals surface area contributed by atoms with Crippen molar-refractivity contribution in [1.29, 1.82) is 0 Å². The Morgan fingerprint density at radius 2 is 2.40 bits per heavy atom. The lowest BCUT2D eigenvalue weighted by atomic mass is 10.0. The highest BCUT2D eigenvalue weighted by molar-refractivity contribution is 6.03. The first-order chi connectivity index (χ1) is 9.70. The van der Waals surface area contributed by atoms with Crippen molar-refractivity contribution in [3.8, 4) is 5.75 Å². The number of carbonyl (C=O) groups is 1. The van der Waals surface area contributed by atoms with Crippen molar-refractivity contribution in [3.63, 3.8) is 0 Å². The Labute approximate surface area is 117 Å². The molecule has 2 heterocycles. The van der Waals surface area contributed by atoms with Crippen LogP contribution in [0.15, 0.2) is 23.2 Å². The van der Waals surface area contributed by atoms with Crippen LogP contribution in [0.5, 0.6) is 5.75 Å². The highest BCUT2D eigenvalue weighted by Gasteiger charge is 2.34. The zero-order valence-corrected chi connectivity index (χ0v) is 11.3. The minimum absolute atomic E-state index is 0.302. The van der Waals surface area contributed by atoms with Gasteiger partial charge in [-0.3, -0.25) is 0 Å². The number of methoxy groups -OCH3 is 1. The molecule has 20 heavy (non-hydrogen) atoms. The number of urea groups is 1. The van der Waals surface area contributed by atoms with Crippen molar-refractivity contribution in [3.05, 3.63) is 29.3 Å². The van der Waals surface area contributed by atoms with E-state index in [4.69, 9.17) is 15.2 Å². The highest BCUT2D eigenvalue weighted by Crippen LogP contribution is 2.32. The SMILES string of the molecule is COCCN1C(=O)N=C(N)C1c1ccc2c(c1)CCO2. The molecule has 2 aliphatic heterocycles. The quantitative estimate of drug-likeness (QED) is 0.892. The fraction of sp³-hybridized carbons (Fsp3) is 0.429. The topological polar surface area (TPSA) is 77.2 Å². The Bertz CT molecular complexity index is 571. The van der Waals surface area contributed by atoms with Gasteiger partial charge in [0.1, 0.15) is 17.6 Å². The molecule has 0 aromatic heterocycles. The van der Waals surface area contributed by atoms with Crippen LogP contribution in [0.3, 0.4) is 0 Å². The summed E-state index contributed by atoms with van der Waals surface area (Å²) < 4.78 is 10.5. The number of fused-ring (bicyclic) bond motifs is 1. The van der Waals surface area contributed by atoms with Gasteiger partial charge in [-0.05, 0) is 23.3 Å². The summed E-state index contributed by atoms with van der Waals surface area (Å²) >= 11 is 0. The summed E-state index contributed by atoms with van der Waals surface area (Å²) in [5, 5.41) is 0. The minimum atomic E-state index is -0.304. The summed E-state index contributed by atoms with van der Waals surface area (Å²) in [6.07, 6.45) is 0.888. The number of nitrogens with two attached hydrogens (primary N) is 1. The molecule has 0 radical (unpaired) electrons. The third-order valence-corrected chi connectivity index (χ3v) is 3.63. The lowest BCUT2D eigenvalue weighted by Crippen LogP contribution is -2.35. The first kappa shape index (κ1) is 12.9. The molecule has 1 aromatic rings. The number of nitrogens with zero attached hydrogens (tertiary/aromatic N) is 2.